The summed E-state index contributed by atoms with van der Waals surface area (Å²) >= 11 is 0. The van der Waals surface area contributed by atoms with Crippen molar-refractivity contribution in [3.63, 3.8) is 0 Å². The molecule has 1 saturated carbocycles. The minimum Gasteiger partial charge on any atom is -0.313 e. The summed E-state index contributed by atoms with van der Waals surface area (Å²) in [5.41, 5.74) is 0. The number of hydrogen-bond acceptors (Lipinski definition) is 2. The Labute approximate surface area is 88.1 Å². The lowest BCUT2D eigenvalue weighted by Crippen LogP contribution is -2.37. The number of nitrogens with zero attached hydrogens (tertiary/aromatic N) is 1. The zero-order valence-electron chi connectivity index (χ0n) is 9.63. The van der Waals surface area contributed by atoms with Crippen LogP contribution < -0.4 is 5.32 Å². The van der Waals surface area contributed by atoms with E-state index < -0.39 is 0 Å². The number of nitrogens with one attached hydrogen (secondary N) is 1. The van der Waals surface area contributed by atoms with Crippen LogP contribution in [-0.4, -0.2) is 37.1 Å². The number of hydrogen-bond donors (Lipinski definition) is 1. The first kappa shape index (κ1) is 10.4. The maximum absolute atomic E-state index is 3.55. The first-order valence-electron chi connectivity index (χ1n) is 6.21. The van der Waals surface area contributed by atoms with Gasteiger partial charge in [0.15, 0.2) is 0 Å². The minimum absolute atomic E-state index is 0.684. The van der Waals surface area contributed by atoms with Crippen LogP contribution in [0.1, 0.15) is 33.1 Å². The van der Waals surface area contributed by atoms with Gasteiger partial charge in [0.1, 0.15) is 0 Å². The molecule has 2 aliphatic rings. The Morgan fingerprint density at radius 3 is 2.93 bits per heavy atom. The molecule has 0 aromatic heterocycles. The zero-order chi connectivity index (χ0) is 9.97. The summed E-state index contributed by atoms with van der Waals surface area (Å²) in [6.07, 6.45) is 4.30. The summed E-state index contributed by atoms with van der Waals surface area (Å²) < 4.78 is 0. The van der Waals surface area contributed by atoms with Gasteiger partial charge >= 0.3 is 0 Å². The SMILES string of the molecule is CC1CN(CC(C)C2CC2)CCCN1. The molecule has 0 aromatic carbocycles. The Hall–Kier alpha value is -0.0800. The molecular weight excluding hydrogens is 172 g/mol. The van der Waals surface area contributed by atoms with Crippen molar-refractivity contribution in [2.45, 2.75) is 39.2 Å². The van der Waals surface area contributed by atoms with Gasteiger partial charge in [-0.1, -0.05) is 6.92 Å². The van der Waals surface area contributed by atoms with E-state index in [2.05, 4.69) is 24.1 Å². The second-order valence-electron chi connectivity index (χ2n) is 5.28. The van der Waals surface area contributed by atoms with Gasteiger partial charge < -0.3 is 10.2 Å². The van der Waals surface area contributed by atoms with Crippen molar-refractivity contribution in [2.75, 3.05) is 26.2 Å². The summed E-state index contributed by atoms with van der Waals surface area (Å²) in [6, 6.07) is 0.684. The normalized spacial score (nSPS) is 32.6. The van der Waals surface area contributed by atoms with Gasteiger partial charge in [0.25, 0.3) is 0 Å². The van der Waals surface area contributed by atoms with E-state index in [1.807, 2.05) is 0 Å². The van der Waals surface area contributed by atoms with E-state index in [1.165, 1.54) is 45.4 Å². The van der Waals surface area contributed by atoms with Crippen molar-refractivity contribution >= 4 is 0 Å². The van der Waals surface area contributed by atoms with E-state index in [4.69, 9.17) is 0 Å². The molecule has 0 radical (unpaired) electrons. The molecule has 14 heavy (non-hydrogen) atoms. The predicted octanol–water partition coefficient (Wildman–Crippen LogP) is 1.72. The summed E-state index contributed by atoms with van der Waals surface area (Å²) in [5, 5.41) is 3.55. The maximum atomic E-state index is 3.55. The standard InChI is InChI=1S/C12H24N2/c1-10(12-4-5-12)8-14-7-3-6-13-11(2)9-14/h10-13H,3-9H2,1-2H3. The molecule has 0 spiro atoms. The van der Waals surface area contributed by atoms with Gasteiger partial charge in [-0.2, -0.15) is 0 Å². The first-order valence-corrected chi connectivity index (χ1v) is 6.21. The van der Waals surface area contributed by atoms with Gasteiger partial charge in [0, 0.05) is 19.1 Å². The third-order valence-electron chi connectivity index (χ3n) is 3.65. The van der Waals surface area contributed by atoms with Crippen LogP contribution in [0.25, 0.3) is 0 Å². The summed E-state index contributed by atoms with van der Waals surface area (Å²) in [5.74, 6) is 1.99. The maximum Gasteiger partial charge on any atom is 0.0166 e. The lowest BCUT2D eigenvalue weighted by Gasteiger charge is -2.25. The highest BCUT2D eigenvalue weighted by atomic mass is 15.2. The van der Waals surface area contributed by atoms with Crippen molar-refractivity contribution < 1.29 is 0 Å². The highest BCUT2D eigenvalue weighted by Crippen LogP contribution is 2.36. The highest BCUT2D eigenvalue weighted by molar-refractivity contribution is 4.82. The molecule has 0 bridgehead atoms. The van der Waals surface area contributed by atoms with E-state index in [0.717, 1.165) is 11.8 Å². The molecule has 1 aliphatic carbocycles. The molecule has 2 nitrogen and oxygen atoms in total. The van der Waals surface area contributed by atoms with E-state index in [9.17, 15) is 0 Å². The molecule has 0 aromatic rings. The third-order valence-corrected chi connectivity index (χ3v) is 3.65. The van der Waals surface area contributed by atoms with Crippen LogP contribution in [0.3, 0.4) is 0 Å². The van der Waals surface area contributed by atoms with Crippen LogP contribution in [0.2, 0.25) is 0 Å². The molecular formula is C12H24N2. The molecule has 1 saturated heterocycles. The molecule has 0 amide bonds. The van der Waals surface area contributed by atoms with Gasteiger partial charge in [0.05, 0.1) is 0 Å². The minimum atomic E-state index is 0.684. The van der Waals surface area contributed by atoms with E-state index >= 15 is 0 Å². The predicted molar refractivity (Wildman–Crippen MR) is 60.4 cm³/mol. The topological polar surface area (TPSA) is 15.3 Å². The largest absolute Gasteiger partial charge is 0.313 e. The first-order chi connectivity index (χ1) is 6.75. The van der Waals surface area contributed by atoms with Crippen molar-refractivity contribution in [3.05, 3.63) is 0 Å². The summed E-state index contributed by atoms with van der Waals surface area (Å²) in [6.45, 7) is 9.82. The van der Waals surface area contributed by atoms with Crippen LogP contribution in [-0.2, 0) is 0 Å². The lowest BCUT2D eigenvalue weighted by molar-refractivity contribution is 0.226. The molecule has 2 unspecified atom stereocenters. The second-order valence-corrected chi connectivity index (χ2v) is 5.28. The van der Waals surface area contributed by atoms with Crippen LogP contribution in [0.15, 0.2) is 0 Å². The van der Waals surface area contributed by atoms with Gasteiger partial charge in [0.2, 0.25) is 0 Å². The lowest BCUT2D eigenvalue weighted by atomic mass is 10.1. The van der Waals surface area contributed by atoms with E-state index in [0.29, 0.717) is 6.04 Å². The van der Waals surface area contributed by atoms with Crippen molar-refractivity contribution in [2.24, 2.45) is 11.8 Å². The van der Waals surface area contributed by atoms with Crippen molar-refractivity contribution in [1.82, 2.24) is 10.2 Å². The fraction of sp³-hybridized carbons (Fsp3) is 1.00. The van der Waals surface area contributed by atoms with Crippen molar-refractivity contribution in [3.8, 4) is 0 Å². The monoisotopic (exact) mass is 196 g/mol. The average molecular weight is 196 g/mol. The second kappa shape index (κ2) is 4.63. The van der Waals surface area contributed by atoms with Crippen LogP contribution in [0.4, 0.5) is 0 Å². The quantitative estimate of drug-likeness (QED) is 0.739. The van der Waals surface area contributed by atoms with E-state index in [-0.39, 0.29) is 0 Å². The Kier molecular flexibility index (Phi) is 3.45. The Morgan fingerprint density at radius 1 is 1.43 bits per heavy atom. The number of rotatable bonds is 3. The molecule has 2 fully saturated rings. The van der Waals surface area contributed by atoms with E-state index in [1.54, 1.807) is 0 Å². The Morgan fingerprint density at radius 2 is 2.21 bits per heavy atom. The Balaban J connectivity index is 1.76. The molecule has 2 atom stereocenters. The highest BCUT2D eigenvalue weighted by Gasteiger charge is 2.29. The molecule has 2 rings (SSSR count). The Bertz CT molecular complexity index is 177. The van der Waals surface area contributed by atoms with Gasteiger partial charge in [-0.05, 0) is 51.1 Å². The fourth-order valence-electron chi connectivity index (χ4n) is 2.58. The van der Waals surface area contributed by atoms with Crippen LogP contribution in [0.5, 0.6) is 0 Å². The molecule has 1 heterocycles. The molecule has 1 N–H and O–H groups in total. The van der Waals surface area contributed by atoms with Crippen molar-refractivity contribution in [1.29, 1.82) is 0 Å². The third kappa shape index (κ3) is 2.96. The van der Waals surface area contributed by atoms with Gasteiger partial charge in [-0.3, -0.25) is 0 Å². The van der Waals surface area contributed by atoms with Gasteiger partial charge in [-0.15, -0.1) is 0 Å². The van der Waals surface area contributed by atoms with Gasteiger partial charge in [-0.25, -0.2) is 0 Å². The average Bonchev–Trinajstić information content (AvgIpc) is 2.91. The fourth-order valence-corrected chi connectivity index (χ4v) is 2.58. The molecule has 1 aliphatic heterocycles. The zero-order valence-corrected chi connectivity index (χ0v) is 9.63. The smallest absolute Gasteiger partial charge is 0.0166 e. The van der Waals surface area contributed by atoms with Crippen LogP contribution in [0, 0.1) is 11.8 Å². The van der Waals surface area contributed by atoms with Crippen LogP contribution >= 0.6 is 0 Å². The summed E-state index contributed by atoms with van der Waals surface area (Å²) in [4.78, 5) is 2.66. The molecule has 2 heteroatoms. The molecule has 82 valence electrons. The summed E-state index contributed by atoms with van der Waals surface area (Å²) in [7, 11) is 0.